The monoisotopic (exact) mass is 279 g/mol. The van der Waals surface area contributed by atoms with Gasteiger partial charge in [0.15, 0.2) is 0 Å². The van der Waals surface area contributed by atoms with E-state index < -0.39 is 5.60 Å². The largest absolute Gasteiger partial charge is 0.387 e. The highest BCUT2D eigenvalue weighted by Crippen LogP contribution is 2.48. The molecular formula is C19H21NO. The molecule has 2 aromatic carbocycles. The molecule has 2 heteroatoms. The second-order valence-corrected chi connectivity index (χ2v) is 6.46. The summed E-state index contributed by atoms with van der Waals surface area (Å²) in [7, 11) is 0. The molecule has 1 heterocycles. The van der Waals surface area contributed by atoms with Gasteiger partial charge in [0.1, 0.15) is 0 Å². The van der Waals surface area contributed by atoms with Crippen molar-refractivity contribution in [2.24, 2.45) is 0 Å². The van der Waals surface area contributed by atoms with Gasteiger partial charge in [-0.2, -0.15) is 0 Å². The molecule has 1 aliphatic carbocycles. The first kappa shape index (κ1) is 13.1. The summed E-state index contributed by atoms with van der Waals surface area (Å²) in [5.74, 6) is 0. The van der Waals surface area contributed by atoms with Crippen molar-refractivity contribution < 1.29 is 5.11 Å². The summed E-state index contributed by atoms with van der Waals surface area (Å²) in [6.07, 6.45) is 1.95. The van der Waals surface area contributed by atoms with Gasteiger partial charge in [0, 0.05) is 13.1 Å². The zero-order valence-corrected chi connectivity index (χ0v) is 12.4. The SMILES string of the molecule is CCCC1(O)CN(C2c3ccccc3-c3ccccc32)C1. The van der Waals surface area contributed by atoms with Crippen LogP contribution in [0.2, 0.25) is 0 Å². The lowest BCUT2D eigenvalue weighted by Gasteiger charge is -2.50. The predicted octanol–water partition coefficient (Wildman–Crippen LogP) is 3.60. The van der Waals surface area contributed by atoms with Gasteiger partial charge in [-0.05, 0) is 28.7 Å². The molecule has 0 amide bonds. The van der Waals surface area contributed by atoms with E-state index in [0.717, 1.165) is 25.9 Å². The Morgan fingerprint density at radius 3 is 2.05 bits per heavy atom. The van der Waals surface area contributed by atoms with E-state index in [0.29, 0.717) is 6.04 Å². The lowest BCUT2D eigenvalue weighted by atomic mass is 9.86. The minimum Gasteiger partial charge on any atom is -0.387 e. The van der Waals surface area contributed by atoms with Crippen LogP contribution >= 0.6 is 0 Å². The highest BCUT2D eigenvalue weighted by atomic mass is 16.3. The van der Waals surface area contributed by atoms with Crippen molar-refractivity contribution in [1.29, 1.82) is 0 Å². The number of nitrogens with zero attached hydrogens (tertiary/aromatic N) is 1. The molecule has 21 heavy (non-hydrogen) atoms. The molecule has 1 saturated heterocycles. The highest BCUT2D eigenvalue weighted by molar-refractivity contribution is 5.78. The predicted molar refractivity (Wildman–Crippen MR) is 85.2 cm³/mol. The molecule has 2 aromatic rings. The molecule has 1 fully saturated rings. The third-order valence-electron chi connectivity index (χ3n) is 4.88. The van der Waals surface area contributed by atoms with Gasteiger partial charge in [-0.1, -0.05) is 61.9 Å². The molecule has 0 spiro atoms. The Kier molecular flexibility index (Phi) is 2.91. The maximum atomic E-state index is 10.5. The van der Waals surface area contributed by atoms with Crippen LogP contribution in [-0.2, 0) is 0 Å². The van der Waals surface area contributed by atoms with Crippen LogP contribution in [0.5, 0.6) is 0 Å². The molecule has 0 radical (unpaired) electrons. The van der Waals surface area contributed by atoms with Gasteiger partial charge in [0.2, 0.25) is 0 Å². The Hall–Kier alpha value is -1.64. The average Bonchev–Trinajstić information content (AvgIpc) is 2.79. The molecule has 108 valence electrons. The number of fused-ring (bicyclic) bond motifs is 3. The summed E-state index contributed by atoms with van der Waals surface area (Å²) < 4.78 is 0. The fraction of sp³-hybridized carbons (Fsp3) is 0.368. The molecule has 4 rings (SSSR count). The van der Waals surface area contributed by atoms with E-state index in [1.54, 1.807) is 0 Å². The second kappa shape index (κ2) is 4.69. The first-order valence-electron chi connectivity index (χ1n) is 7.86. The summed E-state index contributed by atoms with van der Waals surface area (Å²) in [6.45, 7) is 3.71. The van der Waals surface area contributed by atoms with Crippen LogP contribution in [0.3, 0.4) is 0 Å². The fourth-order valence-corrected chi connectivity index (χ4v) is 4.04. The molecule has 0 saturated carbocycles. The van der Waals surface area contributed by atoms with E-state index in [9.17, 15) is 5.11 Å². The van der Waals surface area contributed by atoms with Crippen LogP contribution in [0.25, 0.3) is 11.1 Å². The van der Waals surface area contributed by atoms with Crippen LogP contribution in [0.4, 0.5) is 0 Å². The summed E-state index contributed by atoms with van der Waals surface area (Å²) in [5, 5.41) is 10.5. The first-order chi connectivity index (χ1) is 10.2. The molecule has 1 N–H and O–H groups in total. The second-order valence-electron chi connectivity index (χ2n) is 6.46. The summed E-state index contributed by atoms with van der Waals surface area (Å²) in [5.41, 5.74) is 5.00. The number of aliphatic hydroxyl groups is 1. The number of rotatable bonds is 3. The third-order valence-corrected chi connectivity index (χ3v) is 4.88. The minimum atomic E-state index is -0.471. The summed E-state index contributed by atoms with van der Waals surface area (Å²) in [6, 6.07) is 17.7. The molecular weight excluding hydrogens is 258 g/mol. The molecule has 1 aliphatic heterocycles. The van der Waals surface area contributed by atoms with E-state index >= 15 is 0 Å². The standard InChI is InChI=1S/C19H21NO/c1-2-11-19(21)12-20(13-19)18-16-9-5-3-7-14(16)15-8-4-6-10-17(15)18/h3-10,18,21H,2,11-13H2,1H3. The Bertz CT molecular complexity index is 627. The number of β-amino-alcohol motifs (C(OH)–C–C–N with tert-alkyl or cyclic N) is 1. The van der Waals surface area contributed by atoms with E-state index in [-0.39, 0.29) is 0 Å². The van der Waals surface area contributed by atoms with Gasteiger partial charge < -0.3 is 5.11 Å². The summed E-state index contributed by atoms with van der Waals surface area (Å²) >= 11 is 0. The minimum absolute atomic E-state index is 0.314. The zero-order chi connectivity index (χ0) is 14.4. The van der Waals surface area contributed by atoms with Gasteiger partial charge in [0.05, 0.1) is 11.6 Å². The number of benzene rings is 2. The third kappa shape index (κ3) is 1.94. The Labute approximate surface area is 126 Å². The van der Waals surface area contributed by atoms with Crippen molar-refractivity contribution in [3.63, 3.8) is 0 Å². The van der Waals surface area contributed by atoms with Crippen LogP contribution in [0.15, 0.2) is 48.5 Å². The lowest BCUT2D eigenvalue weighted by molar-refractivity contribution is -0.114. The maximum Gasteiger partial charge on any atom is 0.0900 e. The van der Waals surface area contributed by atoms with Crippen molar-refractivity contribution in [3.8, 4) is 11.1 Å². The normalized spacial score (nSPS) is 19.9. The molecule has 0 unspecified atom stereocenters. The van der Waals surface area contributed by atoms with E-state index in [1.807, 2.05) is 0 Å². The molecule has 0 bridgehead atoms. The molecule has 0 aromatic heterocycles. The van der Waals surface area contributed by atoms with Crippen molar-refractivity contribution in [3.05, 3.63) is 59.7 Å². The van der Waals surface area contributed by atoms with Gasteiger partial charge in [0.25, 0.3) is 0 Å². The zero-order valence-electron chi connectivity index (χ0n) is 12.4. The molecule has 0 atom stereocenters. The Morgan fingerprint density at radius 1 is 1.00 bits per heavy atom. The van der Waals surface area contributed by atoms with Gasteiger partial charge in [-0.15, -0.1) is 0 Å². The average molecular weight is 279 g/mol. The highest BCUT2D eigenvalue weighted by Gasteiger charge is 2.46. The van der Waals surface area contributed by atoms with Crippen molar-refractivity contribution in [2.75, 3.05) is 13.1 Å². The van der Waals surface area contributed by atoms with E-state index in [2.05, 4.69) is 60.4 Å². The van der Waals surface area contributed by atoms with Crippen LogP contribution in [-0.4, -0.2) is 28.7 Å². The quantitative estimate of drug-likeness (QED) is 0.928. The van der Waals surface area contributed by atoms with Gasteiger partial charge >= 0.3 is 0 Å². The Balaban J connectivity index is 1.71. The van der Waals surface area contributed by atoms with Crippen LogP contribution in [0, 0.1) is 0 Å². The van der Waals surface area contributed by atoms with Crippen LogP contribution < -0.4 is 0 Å². The molecule has 2 aliphatic rings. The molecule has 2 nitrogen and oxygen atoms in total. The van der Waals surface area contributed by atoms with Gasteiger partial charge in [-0.25, -0.2) is 0 Å². The van der Waals surface area contributed by atoms with Crippen molar-refractivity contribution >= 4 is 0 Å². The van der Waals surface area contributed by atoms with Gasteiger partial charge in [-0.3, -0.25) is 4.90 Å². The van der Waals surface area contributed by atoms with Crippen molar-refractivity contribution in [1.82, 2.24) is 4.90 Å². The fourth-order valence-electron chi connectivity index (χ4n) is 4.04. The smallest absolute Gasteiger partial charge is 0.0900 e. The van der Waals surface area contributed by atoms with Crippen molar-refractivity contribution in [2.45, 2.75) is 31.4 Å². The van der Waals surface area contributed by atoms with Crippen LogP contribution in [0.1, 0.15) is 36.9 Å². The topological polar surface area (TPSA) is 23.5 Å². The lowest BCUT2D eigenvalue weighted by Crippen LogP contribution is -2.62. The summed E-state index contributed by atoms with van der Waals surface area (Å²) in [4.78, 5) is 2.42. The first-order valence-corrected chi connectivity index (χ1v) is 7.86. The maximum absolute atomic E-state index is 10.5. The van der Waals surface area contributed by atoms with E-state index in [1.165, 1.54) is 22.3 Å². The number of hydrogen-bond acceptors (Lipinski definition) is 2. The number of hydrogen-bond donors (Lipinski definition) is 1. The van der Waals surface area contributed by atoms with E-state index in [4.69, 9.17) is 0 Å². The Morgan fingerprint density at radius 2 is 1.52 bits per heavy atom. The number of likely N-dealkylation sites (tertiary alicyclic amines) is 1.